The van der Waals surface area contributed by atoms with E-state index in [4.69, 9.17) is 11.6 Å². The minimum atomic E-state index is -3.59. The molecule has 0 saturated carbocycles. The van der Waals surface area contributed by atoms with Gasteiger partial charge in [-0.15, -0.1) is 0 Å². The van der Waals surface area contributed by atoms with Crippen molar-refractivity contribution in [3.63, 3.8) is 0 Å². The molecule has 9 heteroatoms. The summed E-state index contributed by atoms with van der Waals surface area (Å²) in [5, 5.41) is 3.41. The van der Waals surface area contributed by atoms with Gasteiger partial charge >= 0.3 is 0 Å². The predicted molar refractivity (Wildman–Crippen MR) is 142 cm³/mol. The highest BCUT2D eigenvalue weighted by Gasteiger charge is 2.28. The van der Waals surface area contributed by atoms with E-state index in [1.807, 2.05) is 51.1 Å². The molecule has 2 aromatic carbocycles. The van der Waals surface area contributed by atoms with Gasteiger partial charge in [0.1, 0.15) is 6.04 Å². The summed E-state index contributed by atoms with van der Waals surface area (Å²) < 4.78 is 26.3. The molecule has 35 heavy (non-hydrogen) atoms. The first-order valence-corrected chi connectivity index (χ1v) is 13.8. The Labute approximate surface area is 214 Å². The number of hydrogen-bond donors (Lipinski definition) is 1. The van der Waals surface area contributed by atoms with E-state index < -0.39 is 21.6 Å². The number of benzene rings is 2. The van der Waals surface area contributed by atoms with Crippen LogP contribution in [0, 0.1) is 6.92 Å². The summed E-state index contributed by atoms with van der Waals surface area (Å²) in [5.41, 5.74) is 1.62. The van der Waals surface area contributed by atoms with Gasteiger partial charge < -0.3 is 10.2 Å². The van der Waals surface area contributed by atoms with Crippen molar-refractivity contribution in [1.82, 2.24) is 10.2 Å². The molecule has 0 saturated heterocycles. The summed E-state index contributed by atoms with van der Waals surface area (Å²) in [7, 11) is -3.59. The summed E-state index contributed by atoms with van der Waals surface area (Å²) in [5.74, 6) is -0.462. The minimum absolute atomic E-state index is 0.0889. The summed E-state index contributed by atoms with van der Waals surface area (Å²) in [6.45, 7) is 9.53. The third kappa shape index (κ3) is 8.54. The van der Waals surface area contributed by atoms with Gasteiger partial charge in [-0.25, -0.2) is 8.42 Å². The normalized spacial score (nSPS) is 12.7. The van der Waals surface area contributed by atoms with Crippen molar-refractivity contribution in [2.24, 2.45) is 0 Å². The van der Waals surface area contributed by atoms with Gasteiger partial charge in [-0.1, -0.05) is 48.0 Å². The maximum Gasteiger partial charge on any atom is 0.242 e. The van der Waals surface area contributed by atoms with E-state index in [0.717, 1.165) is 11.8 Å². The molecule has 1 atom stereocenters. The number of halogens is 1. The number of hydrogen-bond acceptors (Lipinski definition) is 4. The Bertz CT molecular complexity index is 1130. The number of carbonyl (C=O) groups is 2. The monoisotopic (exact) mass is 521 g/mol. The quantitative estimate of drug-likeness (QED) is 0.497. The lowest BCUT2D eigenvalue weighted by Crippen LogP contribution is -2.52. The van der Waals surface area contributed by atoms with Crippen LogP contribution in [-0.2, 0) is 26.2 Å². The van der Waals surface area contributed by atoms with Gasteiger partial charge in [0, 0.05) is 30.1 Å². The Balaban J connectivity index is 2.20. The lowest BCUT2D eigenvalue weighted by Gasteiger charge is -2.32. The fourth-order valence-corrected chi connectivity index (χ4v) is 4.87. The van der Waals surface area contributed by atoms with E-state index in [-0.39, 0.29) is 37.7 Å². The molecule has 0 aliphatic rings. The van der Waals surface area contributed by atoms with Gasteiger partial charge in [0.25, 0.3) is 0 Å². The first kappa shape index (κ1) is 28.7. The Kier molecular flexibility index (Phi) is 9.75. The molecule has 0 radical (unpaired) electrons. The van der Waals surface area contributed by atoms with Crippen LogP contribution in [0.1, 0.15) is 51.7 Å². The number of nitrogens with one attached hydrogen (secondary N) is 1. The summed E-state index contributed by atoms with van der Waals surface area (Å²) in [4.78, 5) is 27.7. The Morgan fingerprint density at radius 3 is 2.26 bits per heavy atom. The molecule has 1 unspecified atom stereocenters. The fourth-order valence-electron chi connectivity index (χ4n) is 3.69. The minimum Gasteiger partial charge on any atom is -0.350 e. The molecular weight excluding hydrogens is 486 g/mol. The van der Waals surface area contributed by atoms with E-state index in [1.165, 1.54) is 4.31 Å². The van der Waals surface area contributed by atoms with E-state index >= 15 is 0 Å². The molecule has 192 valence electrons. The van der Waals surface area contributed by atoms with E-state index in [0.29, 0.717) is 16.3 Å². The molecule has 2 aromatic rings. The zero-order valence-electron chi connectivity index (χ0n) is 21.3. The number of rotatable bonds is 10. The number of amides is 2. The summed E-state index contributed by atoms with van der Waals surface area (Å²) >= 11 is 6.20. The lowest BCUT2D eigenvalue weighted by atomic mass is 10.1. The van der Waals surface area contributed by atoms with Crippen LogP contribution in [-0.4, -0.2) is 49.5 Å². The SMILES string of the molecule is Cc1c(Cl)cccc1N(CCCC(=O)N(Cc1ccccc1)C(C)C(=O)NC(C)(C)C)S(C)(=O)=O. The first-order chi connectivity index (χ1) is 16.2. The van der Waals surface area contributed by atoms with Gasteiger partial charge in [0.2, 0.25) is 21.8 Å². The molecule has 0 heterocycles. The van der Waals surface area contributed by atoms with Gasteiger partial charge in [-0.3, -0.25) is 13.9 Å². The van der Waals surface area contributed by atoms with Crippen LogP contribution in [0.2, 0.25) is 5.02 Å². The van der Waals surface area contributed by atoms with Crippen LogP contribution >= 0.6 is 11.6 Å². The molecule has 0 aliphatic carbocycles. The Morgan fingerprint density at radius 2 is 1.69 bits per heavy atom. The molecule has 0 spiro atoms. The van der Waals surface area contributed by atoms with E-state index in [2.05, 4.69) is 5.32 Å². The molecule has 2 rings (SSSR count). The maximum atomic E-state index is 13.3. The molecule has 1 N–H and O–H groups in total. The summed E-state index contributed by atoms with van der Waals surface area (Å²) in [6.07, 6.45) is 1.51. The van der Waals surface area contributed by atoms with E-state index in [1.54, 1.807) is 36.9 Å². The van der Waals surface area contributed by atoms with Crippen molar-refractivity contribution in [1.29, 1.82) is 0 Å². The third-order valence-corrected chi connectivity index (χ3v) is 7.11. The van der Waals surface area contributed by atoms with Gasteiger partial charge in [0.05, 0.1) is 11.9 Å². The van der Waals surface area contributed by atoms with Crippen LogP contribution in [0.25, 0.3) is 0 Å². The van der Waals surface area contributed by atoms with Crippen molar-refractivity contribution in [3.8, 4) is 0 Å². The smallest absolute Gasteiger partial charge is 0.242 e. The average Bonchev–Trinajstić information content (AvgIpc) is 2.75. The molecule has 7 nitrogen and oxygen atoms in total. The third-order valence-electron chi connectivity index (χ3n) is 5.52. The maximum absolute atomic E-state index is 13.3. The molecule has 0 aliphatic heterocycles. The van der Waals surface area contributed by atoms with Crippen LogP contribution in [0.5, 0.6) is 0 Å². The van der Waals surface area contributed by atoms with Crippen molar-refractivity contribution in [3.05, 3.63) is 64.7 Å². The number of nitrogens with zero attached hydrogens (tertiary/aromatic N) is 2. The largest absolute Gasteiger partial charge is 0.350 e. The second-order valence-electron chi connectivity index (χ2n) is 9.75. The molecule has 0 bridgehead atoms. The van der Waals surface area contributed by atoms with Gasteiger partial charge in [-0.2, -0.15) is 0 Å². The van der Waals surface area contributed by atoms with Crippen LogP contribution in [0.4, 0.5) is 5.69 Å². The highest BCUT2D eigenvalue weighted by atomic mass is 35.5. The topological polar surface area (TPSA) is 86.8 Å². The average molecular weight is 522 g/mol. The molecule has 0 fully saturated rings. The Hall–Kier alpha value is -2.58. The predicted octanol–water partition coefficient (Wildman–Crippen LogP) is 4.53. The summed E-state index contributed by atoms with van der Waals surface area (Å²) in [6, 6.07) is 13.9. The second-order valence-corrected chi connectivity index (χ2v) is 12.1. The van der Waals surface area contributed by atoms with Gasteiger partial charge in [-0.05, 0) is 64.3 Å². The molecule has 2 amide bonds. The number of anilines is 1. The number of carbonyl (C=O) groups excluding carboxylic acids is 2. The zero-order valence-corrected chi connectivity index (χ0v) is 22.9. The second kappa shape index (κ2) is 11.9. The molecule has 0 aromatic heterocycles. The number of sulfonamides is 1. The molecular formula is C26H36ClN3O4S. The highest BCUT2D eigenvalue weighted by Crippen LogP contribution is 2.28. The van der Waals surface area contributed by atoms with Crippen LogP contribution < -0.4 is 9.62 Å². The lowest BCUT2D eigenvalue weighted by molar-refractivity contribution is -0.141. The van der Waals surface area contributed by atoms with Crippen molar-refractivity contribution >= 4 is 39.1 Å². The van der Waals surface area contributed by atoms with Gasteiger partial charge in [0.15, 0.2) is 0 Å². The zero-order chi connectivity index (χ0) is 26.4. The van der Waals surface area contributed by atoms with Crippen molar-refractivity contribution < 1.29 is 18.0 Å². The van der Waals surface area contributed by atoms with Crippen molar-refractivity contribution in [2.75, 3.05) is 17.1 Å². The fraction of sp³-hybridized carbons (Fsp3) is 0.462. The standard InChI is InChI=1S/C26H36ClN3O4S/c1-19-22(27)14-10-15-23(19)30(35(6,33)34)17-11-16-24(31)29(18-21-12-8-7-9-13-21)20(2)25(32)28-26(3,4)5/h7-10,12-15,20H,11,16-18H2,1-6H3,(H,28,32). The first-order valence-electron chi connectivity index (χ1n) is 11.6. The van der Waals surface area contributed by atoms with E-state index in [9.17, 15) is 18.0 Å². The Morgan fingerprint density at radius 1 is 1.06 bits per heavy atom. The highest BCUT2D eigenvalue weighted by molar-refractivity contribution is 7.92. The van der Waals surface area contributed by atoms with Crippen LogP contribution in [0.15, 0.2) is 48.5 Å². The van der Waals surface area contributed by atoms with Crippen molar-refractivity contribution in [2.45, 2.75) is 65.6 Å². The van der Waals surface area contributed by atoms with Crippen LogP contribution in [0.3, 0.4) is 0 Å².